The van der Waals surface area contributed by atoms with E-state index in [0.29, 0.717) is 27.3 Å². The highest BCUT2D eigenvalue weighted by atomic mass is 79.9. The van der Waals surface area contributed by atoms with Crippen LogP contribution in [0.15, 0.2) is 149 Å². The first kappa shape index (κ1) is 34.2. The topological polar surface area (TPSA) is 87.3 Å². The molecule has 5 aromatic rings. The maximum atomic E-state index is 13.6. The number of hydrogen-bond donors (Lipinski definition) is 3. The maximum Gasteiger partial charge on any atom is 0.416 e. The van der Waals surface area contributed by atoms with E-state index in [1.807, 2.05) is 6.07 Å². The summed E-state index contributed by atoms with van der Waals surface area (Å²) in [4.78, 5) is 40.7. The molecule has 3 N–H and O–H groups in total. The highest BCUT2D eigenvalue weighted by Gasteiger charge is 2.31. The van der Waals surface area contributed by atoms with Crippen LogP contribution in [0, 0.1) is 0 Å². The molecule has 3 amide bonds. The maximum absolute atomic E-state index is 13.6. The fourth-order valence-electron chi connectivity index (χ4n) is 4.57. The van der Waals surface area contributed by atoms with Gasteiger partial charge in [0.15, 0.2) is 0 Å². The van der Waals surface area contributed by atoms with Crippen molar-refractivity contribution >= 4 is 62.9 Å². The van der Waals surface area contributed by atoms with Crippen molar-refractivity contribution in [2.45, 2.75) is 16.3 Å². The fraction of sp³-hybridized carbons (Fsp3) is 0.0541. The number of benzene rings is 5. The normalized spacial score (nSPS) is 12.1. The second kappa shape index (κ2) is 15.6. The van der Waals surface area contributed by atoms with Crippen LogP contribution in [0.2, 0.25) is 0 Å². The van der Waals surface area contributed by atoms with E-state index in [9.17, 15) is 27.6 Å². The van der Waals surface area contributed by atoms with Crippen LogP contribution < -0.4 is 16.0 Å². The van der Waals surface area contributed by atoms with Crippen molar-refractivity contribution in [3.05, 3.63) is 166 Å². The minimum atomic E-state index is -4.56. The summed E-state index contributed by atoms with van der Waals surface area (Å²) in [6.45, 7) is 0. The van der Waals surface area contributed by atoms with Crippen molar-refractivity contribution in [2.75, 3.05) is 10.6 Å². The first-order valence-electron chi connectivity index (χ1n) is 14.5. The molecule has 5 rings (SSSR count). The predicted octanol–water partition coefficient (Wildman–Crippen LogP) is 9.35. The number of thioether (sulfide) groups is 1. The molecular formula is C37H27BrF3N3O3S. The molecule has 48 heavy (non-hydrogen) atoms. The van der Waals surface area contributed by atoms with Gasteiger partial charge in [-0.3, -0.25) is 14.4 Å². The minimum Gasteiger partial charge on any atom is -0.325 e. The van der Waals surface area contributed by atoms with E-state index in [0.717, 1.165) is 16.6 Å². The van der Waals surface area contributed by atoms with Gasteiger partial charge in [-0.25, -0.2) is 0 Å². The smallest absolute Gasteiger partial charge is 0.325 e. The van der Waals surface area contributed by atoms with E-state index in [2.05, 4.69) is 31.9 Å². The van der Waals surface area contributed by atoms with Crippen molar-refractivity contribution in [1.29, 1.82) is 0 Å². The summed E-state index contributed by atoms with van der Waals surface area (Å²) < 4.78 is 40.7. The molecule has 0 saturated heterocycles. The Morgan fingerprint density at radius 2 is 1.35 bits per heavy atom. The van der Waals surface area contributed by atoms with Crippen LogP contribution in [-0.4, -0.2) is 17.7 Å². The van der Waals surface area contributed by atoms with Crippen LogP contribution in [0.25, 0.3) is 6.08 Å². The van der Waals surface area contributed by atoms with Gasteiger partial charge in [0.05, 0.1) is 5.56 Å². The largest absolute Gasteiger partial charge is 0.416 e. The van der Waals surface area contributed by atoms with Gasteiger partial charge in [0.2, 0.25) is 5.91 Å². The van der Waals surface area contributed by atoms with Crippen LogP contribution in [0.3, 0.4) is 0 Å². The summed E-state index contributed by atoms with van der Waals surface area (Å²) in [6.07, 6.45) is -3.00. The summed E-state index contributed by atoms with van der Waals surface area (Å²) in [5, 5.41) is 7.30. The monoisotopic (exact) mass is 729 g/mol. The van der Waals surface area contributed by atoms with Gasteiger partial charge in [0, 0.05) is 26.3 Å². The van der Waals surface area contributed by atoms with Gasteiger partial charge in [-0.1, -0.05) is 88.7 Å². The molecule has 0 fully saturated rings. The van der Waals surface area contributed by atoms with Crippen LogP contribution in [0.1, 0.15) is 32.3 Å². The lowest BCUT2D eigenvalue weighted by atomic mass is 10.1. The molecule has 5 aromatic carbocycles. The molecular weight excluding hydrogens is 703 g/mol. The molecule has 0 bridgehead atoms. The van der Waals surface area contributed by atoms with Crippen molar-refractivity contribution < 1.29 is 27.6 Å². The number of halogens is 4. The number of amides is 3. The predicted molar refractivity (Wildman–Crippen MR) is 186 cm³/mol. The number of nitrogens with one attached hydrogen (secondary N) is 3. The average Bonchev–Trinajstić information content (AvgIpc) is 3.07. The molecule has 0 aliphatic rings. The molecule has 0 heterocycles. The summed E-state index contributed by atoms with van der Waals surface area (Å²) >= 11 is 4.59. The van der Waals surface area contributed by atoms with Gasteiger partial charge in [0.25, 0.3) is 11.8 Å². The van der Waals surface area contributed by atoms with Crippen molar-refractivity contribution in [3.63, 3.8) is 0 Å². The number of rotatable bonds is 10. The Kier molecular flexibility index (Phi) is 11.1. The number of alkyl halides is 3. The molecule has 6 nitrogen and oxygen atoms in total. The molecule has 0 radical (unpaired) electrons. The van der Waals surface area contributed by atoms with E-state index >= 15 is 0 Å². The molecule has 1 atom stereocenters. The summed E-state index contributed by atoms with van der Waals surface area (Å²) in [5.74, 6) is -1.57. The summed E-state index contributed by atoms with van der Waals surface area (Å²) in [6, 6.07) is 35.8. The van der Waals surface area contributed by atoms with Gasteiger partial charge < -0.3 is 16.0 Å². The lowest BCUT2D eigenvalue weighted by molar-refractivity contribution is -0.137. The van der Waals surface area contributed by atoms with Gasteiger partial charge in [-0.05, 0) is 77.9 Å². The van der Waals surface area contributed by atoms with Crippen LogP contribution in [-0.2, 0) is 15.8 Å². The zero-order chi connectivity index (χ0) is 34.1. The molecule has 0 aromatic heterocycles. The second-order valence-electron chi connectivity index (χ2n) is 10.4. The van der Waals surface area contributed by atoms with E-state index in [-0.39, 0.29) is 11.4 Å². The number of carbonyl (C=O) groups excluding carboxylic acids is 3. The standard InChI is InChI=1S/C37H27BrF3N3O3S/c38-28-16-7-10-24(20-28)21-32(44-34(45)26-13-5-2-6-14-26)35(46)42-30-18-9-19-31(23-30)48-33(25-11-3-1-4-12-25)36(47)43-29-17-8-15-27(22-29)37(39,40)41/h1-23,33H,(H,42,46)(H,43,47)(H,44,45)/b32-21+. The zero-order valence-electron chi connectivity index (χ0n) is 25.0. The van der Waals surface area contributed by atoms with E-state index < -0.39 is 34.7 Å². The molecule has 242 valence electrons. The third-order valence-corrected chi connectivity index (χ3v) is 8.57. The van der Waals surface area contributed by atoms with E-state index in [4.69, 9.17) is 0 Å². The Morgan fingerprint density at radius 3 is 2.04 bits per heavy atom. The van der Waals surface area contributed by atoms with Gasteiger partial charge >= 0.3 is 6.18 Å². The Labute approximate surface area is 287 Å². The van der Waals surface area contributed by atoms with Gasteiger partial charge in [-0.15, -0.1) is 11.8 Å². The molecule has 0 aliphatic carbocycles. The highest BCUT2D eigenvalue weighted by Crippen LogP contribution is 2.38. The van der Waals surface area contributed by atoms with Crippen LogP contribution in [0.5, 0.6) is 0 Å². The highest BCUT2D eigenvalue weighted by molar-refractivity contribution is 9.10. The Bertz CT molecular complexity index is 1950. The Hall–Kier alpha value is -5.13. The number of hydrogen-bond acceptors (Lipinski definition) is 4. The molecule has 0 spiro atoms. The number of carbonyl (C=O) groups is 3. The lowest BCUT2D eigenvalue weighted by Gasteiger charge is -2.18. The summed E-state index contributed by atoms with van der Waals surface area (Å²) in [7, 11) is 0. The van der Waals surface area contributed by atoms with Crippen molar-refractivity contribution in [2.24, 2.45) is 0 Å². The first-order chi connectivity index (χ1) is 23.0. The SMILES string of the molecule is O=C(Nc1cccc(SC(C(=O)Nc2cccc(C(F)(F)F)c2)c2ccccc2)c1)/C(=C\c1cccc(Br)c1)NC(=O)c1ccccc1. The first-order valence-corrected chi connectivity index (χ1v) is 16.2. The third kappa shape index (κ3) is 9.46. The third-order valence-electron chi connectivity index (χ3n) is 6.83. The van der Waals surface area contributed by atoms with Crippen molar-refractivity contribution in [3.8, 4) is 0 Å². The molecule has 0 saturated carbocycles. The van der Waals surface area contributed by atoms with Crippen LogP contribution >= 0.6 is 27.7 Å². The van der Waals surface area contributed by atoms with Gasteiger partial charge in [0.1, 0.15) is 10.9 Å². The molecule has 11 heteroatoms. The minimum absolute atomic E-state index is 0.00244. The fourth-order valence-corrected chi connectivity index (χ4v) is 6.07. The van der Waals surface area contributed by atoms with E-state index in [1.165, 1.54) is 23.9 Å². The summed E-state index contributed by atoms with van der Waals surface area (Å²) in [5.41, 5.74) is 1.21. The lowest BCUT2D eigenvalue weighted by Crippen LogP contribution is -2.30. The Morgan fingerprint density at radius 1 is 0.708 bits per heavy atom. The second-order valence-corrected chi connectivity index (χ2v) is 12.5. The molecule has 0 aliphatic heterocycles. The number of anilines is 2. The quantitative estimate of drug-likeness (QED) is 0.0988. The van der Waals surface area contributed by atoms with Crippen LogP contribution in [0.4, 0.5) is 24.5 Å². The van der Waals surface area contributed by atoms with E-state index in [1.54, 1.807) is 109 Å². The zero-order valence-corrected chi connectivity index (χ0v) is 27.4. The average molecular weight is 731 g/mol. The molecule has 1 unspecified atom stereocenters. The Balaban J connectivity index is 1.38. The van der Waals surface area contributed by atoms with Gasteiger partial charge in [-0.2, -0.15) is 13.2 Å². The van der Waals surface area contributed by atoms with Crippen molar-refractivity contribution in [1.82, 2.24) is 5.32 Å².